The quantitative estimate of drug-likeness (QED) is 0.0607. The predicted octanol–water partition coefficient (Wildman–Crippen LogP) is -4.31. The summed E-state index contributed by atoms with van der Waals surface area (Å²) in [6.45, 7) is 3.74. The molecule has 12 N–H and O–H groups in total. The van der Waals surface area contributed by atoms with Gasteiger partial charge in [0.1, 0.15) is 18.1 Å². The van der Waals surface area contributed by atoms with Crippen LogP contribution in [-0.4, -0.2) is 89.6 Å². The molecule has 15 nitrogen and oxygen atoms in total. The highest BCUT2D eigenvalue weighted by molar-refractivity contribution is 5.93. The van der Waals surface area contributed by atoms with E-state index in [1.807, 2.05) is 0 Å². The number of rotatable bonds is 15. The maximum absolute atomic E-state index is 12.6. The minimum atomic E-state index is -1.22. The molecule has 0 spiro atoms. The molecule has 15 heteroatoms. The van der Waals surface area contributed by atoms with Crippen molar-refractivity contribution in [3.63, 3.8) is 0 Å². The second kappa shape index (κ2) is 15.4. The lowest BCUT2D eigenvalue weighted by Gasteiger charge is -2.23. The molecule has 0 bridgehead atoms. The molecule has 0 rings (SSSR count). The van der Waals surface area contributed by atoms with E-state index in [0.29, 0.717) is 6.42 Å². The van der Waals surface area contributed by atoms with E-state index >= 15 is 0 Å². The fourth-order valence-corrected chi connectivity index (χ4v) is 2.53. The van der Waals surface area contributed by atoms with Crippen molar-refractivity contribution in [3.8, 4) is 0 Å². The number of carboxylic acid groups (broad SMARTS) is 1. The van der Waals surface area contributed by atoms with E-state index in [-0.39, 0.29) is 18.9 Å². The third-order valence-corrected chi connectivity index (χ3v) is 4.52. The first-order valence-corrected chi connectivity index (χ1v) is 10.6. The van der Waals surface area contributed by atoms with Gasteiger partial charge < -0.3 is 48.7 Å². The van der Waals surface area contributed by atoms with Crippen LogP contribution in [0.2, 0.25) is 0 Å². The number of amides is 4. The van der Waals surface area contributed by atoms with Crippen LogP contribution >= 0.6 is 0 Å². The lowest BCUT2D eigenvalue weighted by atomic mass is 10.0. The van der Waals surface area contributed by atoms with Gasteiger partial charge in [0.2, 0.25) is 23.6 Å². The number of aliphatic hydroxyl groups excluding tert-OH is 1. The predicted molar refractivity (Wildman–Crippen MR) is 122 cm³/mol. The zero-order valence-corrected chi connectivity index (χ0v) is 19.5. The van der Waals surface area contributed by atoms with Gasteiger partial charge in [0, 0.05) is 6.54 Å². The third kappa shape index (κ3) is 12.5. The molecule has 34 heavy (non-hydrogen) atoms. The summed E-state index contributed by atoms with van der Waals surface area (Å²) in [4.78, 5) is 63.5. The average Bonchev–Trinajstić information content (AvgIpc) is 2.74. The molecule has 194 valence electrons. The number of carbonyl (C=O) groups is 5. The Morgan fingerprint density at radius 2 is 1.50 bits per heavy atom. The Balaban J connectivity index is 4.91. The number of nitrogens with two attached hydrogens (primary N) is 3. The Labute approximate surface area is 197 Å². The monoisotopic (exact) mass is 488 g/mol. The van der Waals surface area contributed by atoms with E-state index in [0.717, 1.165) is 0 Å². The van der Waals surface area contributed by atoms with Crippen molar-refractivity contribution in [3.05, 3.63) is 0 Å². The van der Waals surface area contributed by atoms with Gasteiger partial charge in [0.25, 0.3) is 0 Å². The van der Waals surface area contributed by atoms with E-state index in [1.165, 1.54) is 6.92 Å². The number of hydrogen-bond donors (Lipinski definition) is 9. The van der Waals surface area contributed by atoms with Crippen LogP contribution in [0, 0.1) is 5.92 Å². The van der Waals surface area contributed by atoms with Crippen LogP contribution in [0.25, 0.3) is 0 Å². The fraction of sp³-hybridized carbons (Fsp3) is 0.684. The molecule has 0 unspecified atom stereocenters. The highest BCUT2D eigenvalue weighted by Crippen LogP contribution is 2.05. The summed E-state index contributed by atoms with van der Waals surface area (Å²) >= 11 is 0. The minimum Gasteiger partial charge on any atom is -0.480 e. The Bertz CT molecular complexity index is 753. The number of aliphatic hydroxyl groups is 1. The number of nitrogens with zero attached hydrogens (tertiary/aromatic N) is 1. The fourth-order valence-electron chi connectivity index (χ4n) is 2.53. The SMILES string of the molecule is CC(C)[C@H](NC(=O)[C@H](CCCN=C(N)N)NC(=O)CNC(=O)CNC(=O)[C@@H](N)[C@@H](C)O)C(=O)O. The van der Waals surface area contributed by atoms with Gasteiger partial charge in [-0.15, -0.1) is 0 Å². The third-order valence-electron chi connectivity index (χ3n) is 4.52. The molecule has 4 amide bonds. The Morgan fingerprint density at radius 1 is 0.912 bits per heavy atom. The van der Waals surface area contributed by atoms with E-state index < -0.39 is 72.8 Å². The molecule has 0 radical (unpaired) electrons. The van der Waals surface area contributed by atoms with Gasteiger partial charge in [-0.3, -0.25) is 24.2 Å². The summed E-state index contributed by atoms with van der Waals surface area (Å²) in [5.74, 6) is -4.66. The van der Waals surface area contributed by atoms with Crippen molar-refractivity contribution in [1.82, 2.24) is 21.3 Å². The Hall–Kier alpha value is -3.46. The van der Waals surface area contributed by atoms with Crippen molar-refractivity contribution >= 4 is 35.6 Å². The number of guanidine groups is 1. The van der Waals surface area contributed by atoms with Crippen molar-refractivity contribution < 1.29 is 34.2 Å². The summed E-state index contributed by atoms with van der Waals surface area (Å²) in [6.07, 6.45) is -0.710. The van der Waals surface area contributed by atoms with E-state index in [9.17, 15) is 34.2 Å². The second-order valence-corrected chi connectivity index (χ2v) is 7.90. The molecule has 0 saturated heterocycles. The lowest BCUT2D eigenvalue weighted by molar-refractivity contribution is -0.143. The largest absolute Gasteiger partial charge is 0.480 e. The zero-order valence-electron chi connectivity index (χ0n) is 19.5. The van der Waals surface area contributed by atoms with Crippen LogP contribution in [0.3, 0.4) is 0 Å². The number of aliphatic carboxylic acids is 1. The summed E-state index contributed by atoms with van der Waals surface area (Å²) in [7, 11) is 0. The topological polar surface area (TPSA) is 264 Å². The first-order chi connectivity index (χ1) is 15.8. The second-order valence-electron chi connectivity index (χ2n) is 7.90. The van der Waals surface area contributed by atoms with Crippen LogP contribution in [0.5, 0.6) is 0 Å². The molecule has 0 aliphatic rings. The summed E-state index contributed by atoms with van der Waals surface area (Å²) < 4.78 is 0. The first kappa shape index (κ1) is 30.5. The number of carbonyl (C=O) groups excluding carboxylic acids is 4. The average molecular weight is 489 g/mol. The van der Waals surface area contributed by atoms with Crippen LogP contribution in [0.1, 0.15) is 33.6 Å². The Morgan fingerprint density at radius 3 is 2.00 bits per heavy atom. The van der Waals surface area contributed by atoms with E-state index in [1.54, 1.807) is 13.8 Å². The van der Waals surface area contributed by atoms with Gasteiger partial charge >= 0.3 is 5.97 Å². The number of aliphatic imine (C=N–C) groups is 1. The van der Waals surface area contributed by atoms with Crippen LogP contribution in [0.15, 0.2) is 4.99 Å². The maximum Gasteiger partial charge on any atom is 0.326 e. The number of carboxylic acids is 1. The van der Waals surface area contributed by atoms with Gasteiger partial charge in [-0.25, -0.2) is 4.79 Å². The smallest absolute Gasteiger partial charge is 0.326 e. The highest BCUT2D eigenvalue weighted by atomic mass is 16.4. The molecule has 0 aromatic rings. The standard InChI is InChI=1S/C19H36N8O7/c1-9(2)15(18(33)34)27-16(31)11(5-4-6-23-19(21)22)26-13(30)8-24-12(29)7-25-17(32)14(20)10(3)28/h9-11,14-15,28H,4-8,20H2,1-3H3,(H,24,29)(H,25,32)(H,26,30)(H,27,31)(H,33,34)(H4,21,22,23)/t10-,11+,14+,15+/m1/s1. The van der Waals surface area contributed by atoms with E-state index in [2.05, 4.69) is 26.3 Å². The lowest BCUT2D eigenvalue weighted by Crippen LogP contribution is -2.54. The van der Waals surface area contributed by atoms with Crippen LogP contribution in [-0.2, 0) is 24.0 Å². The Kier molecular flexibility index (Phi) is 13.8. The number of nitrogens with one attached hydrogen (secondary N) is 4. The summed E-state index contributed by atoms with van der Waals surface area (Å²) in [5, 5.41) is 27.8. The van der Waals surface area contributed by atoms with Gasteiger partial charge in [-0.2, -0.15) is 0 Å². The van der Waals surface area contributed by atoms with Gasteiger partial charge in [0.05, 0.1) is 19.2 Å². The van der Waals surface area contributed by atoms with Gasteiger partial charge in [0.15, 0.2) is 5.96 Å². The molecular weight excluding hydrogens is 452 g/mol. The van der Waals surface area contributed by atoms with Crippen molar-refractivity contribution in [2.75, 3.05) is 19.6 Å². The van der Waals surface area contributed by atoms with Crippen molar-refractivity contribution in [1.29, 1.82) is 0 Å². The highest BCUT2D eigenvalue weighted by Gasteiger charge is 2.28. The molecule has 0 saturated carbocycles. The van der Waals surface area contributed by atoms with Gasteiger partial charge in [-0.1, -0.05) is 13.8 Å². The molecule has 0 heterocycles. The first-order valence-electron chi connectivity index (χ1n) is 10.6. The van der Waals surface area contributed by atoms with Crippen LogP contribution in [0.4, 0.5) is 0 Å². The molecule has 4 atom stereocenters. The molecule has 0 fully saturated rings. The maximum atomic E-state index is 12.6. The molecule has 0 aliphatic heterocycles. The normalized spacial score (nSPS) is 14.2. The summed E-state index contributed by atoms with van der Waals surface area (Å²) in [6, 6.07) is -3.49. The molecule has 0 aromatic carbocycles. The molecule has 0 aliphatic carbocycles. The summed E-state index contributed by atoms with van der Waals surface area (Å²) in [5.41, 5.74) is 15.9. The molecule has 0 aromatic heterocycles. The van der Waals surface area contributed by atoms with Crippen LogP contribution < -0.4 is 38.5 Å². The zero-order chi connectivity index (χ0) is 26.4. The van der Waals surface area contributed by atoms with Crippen molar-refractivity contribution in [2.45, 2.75) is 57.8 Å². The minimum absolute atomic E-state index is 0.0972. The van der Waals surface area contributed by atoms with Gasteiger partial charge in [-0.05, 0) is 25.7 Å². The van der Waals surface area contributed by atoms with E-state index in [4.69, 9.17) is 17.2 Å². The number of hydrogen-bond acceptors (Lipinski definition) is 8. The molecular formula is C19H36N8O7. The van der Waals surface area contributed by atoms with Crippen molar-refractivity contribution in [2.24, 2.45) is 28.1 Å².